The molecule has 1 aromatic heterocycles. The van der Waals surface area contributed by atoms with Gasteiger partial charge in [0.1, 0.15) is 0 Å². The number of H-pyrrole nitrogens is 1. The van der Waals surface area contributed by atoms with Crippen LogP contribution < -0.4 is 11.1 Å². The molecule has 0 unspecified atom stereocenters. The number of amides is 1. The highest BCUT2D eigenvalue weighted by Gasteiger charge is 2.42. The predicted octanol–water partition coefficient (Wildman–Crippen LogP) is 5.19. The zero-order chi connectivity index (χ0) is 27.9. The van der Waals surface area contributed by atoms with Crippen molar-refractivity contribution in [3.63, 3.8) is 0 Å². The summed E-state index contributed by atoms with van der Waals surface area (Å²) in [5.74, 6) is 0.0144. The highest BCUT2D eigenvalue weighted by Crippen LogP contribution is 2.40. The van der Waals surface area contributed by atoms with E-state index in [9.17, 15) is 9.59 Å². The second kappa shape index (κ2) is 10.8. The Bertz CT molecular complexity index is 1360. The van der Waals surface area contributed by atoms with Crippen LogP contribution in [0.5, 0.6) is 0 Å². The van der Waals surface area contributed by atoms with Gasteiger partial charge in [-0.15, -0.1) is 0 Å². The first-order valence-corrected chi connectivity index (χ1v) is 14.3. The van der Waals surface area contributed by atoms with Crippen LogP contribution in [0.4, 0.5) is 0 Å². The van der Waals surface area contributed by atoms with Gasteiger partial charge in [-0.25, -0.2) is 0 Å². The number of nitrogens with one attached hydrogen (secondary N) is 2. The molecule has 1 aliphatic carbocycles. The van der Waals surface area contributed by atoms with Crippen LogP contribution in [0.3, 0.4) is 0 Å². The third kappa shape index (κ3) is 5.48. The first-order chi connectivity index (χ1) is 18.5. The van der Waals surface area contributed by atoms with E-state index >= 15 is 0 Å². The Morgan fingerprint density at radius 3 is 2.41 bits per heavy atom. The van der Waals surface area contributed by atoms with Crippen molar-refractivity contribution in [3.05, 3.63) is 58.7 Å². The van der Waals surface area contributed by atoms with Crippen LogP contribution in [0.1, 0.15) is 74.2 Å². The van der Waals surface area contributed by atoms with Crippen molar-refractivity contribution >= 4 is 22.8 Å². The topological polar surface area (TPSA) is 111 Å². The van der Waals surface area contributed by atoms with Crippen LogP contribution in [0, 0.1) is 19.8 Å². The number of rotatable bonds is 9. The van der Waals surface area contributed by atoms with Gasteiger partial charge in [0.15, 0.2) is 0 Å². The van der Waals surface area contributed by atoms with Crippen LogP contribution >= 0.6 is 0 Å². The number of hydrogen-bond acceptors (Lipinski definition) is 4. The average Bonchev–Trinajstić information content (AvgIpc) is 3.29. The van der Waals surface area contributed by atoms with Crippen molar-refractivity contribution in [2.24, 2.45) is 11.7 Å². The van der Waals surface area contributed by atoms with Crippen molar-refractivity contribution < 1.29 is 14.7 Å². The highest BCUT2D eigenvalue weighted by molar-refractivity contribution is 5.94. The minimum absolute atomic E-state index is 0.0450. The van der Waals surface area contributed by atoms with E-state index in [0.717, 1.165) is 52.7 Å². The number of aliphatic carboxylic acids is 1. The quantitative estimate of drug-likeness (QED) is 0.284. The van der Waals surface area contributed by atoms with E-state index in [0.29, 0.717) is 25.0 Å². The van der Waals surface area contributed by atoms with Gasteiger partial charge < -0.3 is 26.0 Å². The van der Waals surface area contributed by atoms with Crippen molar-refractivity contribution in [1.29, 1.82) is 0 Å². The Labute approximate surface area is 231 Å². The van der Waals surface area contributed by atoms with Crippen LogP contribution in [0.15, 0.2) is 36.4 Å². The lowest BCUT2D eigenvalue weighted by molar-refractivity contribution is -0.144. The van der Waals surface area contributed by atoms with Gasteiger partial charge in [-0.05, 0) is 94.7 Å². The number of aromatic nitrogens is 1. The summed E-state index contributed by atoms with van der Waals surface area (Å²) in [6, 6.07) is 12.8. The molecule has 1 saturated carbocycles. The number of aromatic amines is 1. The molecule has 2 saturated heterocycles. The van der Waals surface area contributed by atoms with E-state index in [-0.39, 0.29) is 18.4 Å². The average molecular weight is 531 g/mol. The maximum atomic E-state index is 13.9. The zero-order valence-electron chi connectivity index (χ0n) is 23.6. The van der Waals surface area contributed by atoms with E-state index in [1.807, 2.05) is 13.8 Å². The summed E-state index contributed by atoms with van der Waals surface area (Å²) in [5.41, 5.74) is 13.5. The lowest BCUT2D eigenvalue weighted by Gasteiger charge is -2.47. The Morgan fingerprint density at radius 2 is 1.79 bits per heavy atom. The van der Waals surface area contributed by atoms with Crippen molar-refractivity contribution in [2.75, 3.05) is 19.6 Å². The number of nitrogens with zero attached hydrogens (tertiary/aromatic N) is 1. The lowest BCUT2D eigenvalue weighted by Crippen LogP contribution is -2.55. The first kappa shape index (κ1) is 27.4. The second-order valence-corrected chi connectivity index (χ2v) is 12.3. The Morgan fingerprint density at radius 1 is 1.10 bits per heavy atom. The predicted molar refractivity (Wildman–Crippen MR) is 156 cm³/mol. The van der Waals surface area contributed by atoms with Gasteiger partial charge in [-0.1, -0.05) is 23.3 Å². The fourth-order valence-electron chi connectivity index (χ4n) is 6.69. The Kier molecular flexibility index (Phi) is 7.57. The molecule has 7 heteroatoms. The van der Waals surface area contributed by atoms with Crippen molar-refractivity contribution in [1.82, 2.24) is 15.2 Å². The summed E-state index contributed by atoms with van der Waals surface area (Å²) >= 11 is 0. The molecule has 5 N–H and O–H groups in total. The van der Waals surface area contributed by atoms with Gasteiger partial charge in [-0.3, -0.25) is 9.59 Å². The summed E-state index contributed by atoms with van der Waals surface area (Å²) in [6.45, 7) is 9.95. The lowest BCUT2D eigenvalue weighted by atomic mass is 9.76. The fraction of sp³-hybridized carbons (Fsp3) is 0.500. The Balaban J connectivity index is 1.54. The van der Waals surface area contributed by atoms with Crippen LogP contribution in [-0.4, -0.2) is 52.5 Å². The maximum Gasteiger partial charge on any atom is 0.304 e. The number of carboxylic acids is 1. The summed E-state index contributed by atoms with van der Waals surface area (Å²) in [4.78, 5) is 30.7. The molecule has 0 radical (unpaired) electrons. The minimum atomic E-state index is -0.836. The summed E-state index contributed by atoms with van der Waals surface area (Å²) in [7, 11) is 0. The molecule has 0 spiro atoms. The highest BCUT2D eigenvalue weighted by atomic mass is 16.4. The molecule has 3 fully saturated rings. The molecule has 3 heterocycles. The standard InChI is InChI=1S/C32H42N4O3/c1-19-13-20(2)15-22(14-19)30-29(26(33)17-34-12-11-28(37)38)25-16-23(7-10-27(25)35-30)32(3,4)31(39)36-18-21-5-8-24(36)9-6-21/h7,10,13-16,21,24,26,34-35H,5-6,8-9,11-12,17-18,33H2,1-4H3,(H,37,38)/t21?,24?,26-/m1/s1. The largest absolute Gasteiger partial charge is 0.481 e. The summed E-state index contributed by atoms with van der Waals surface area (Å²) in [5, 5.41) is 13.2. The molecule has 2 bridgehead atoms. The number of carboxylic acid groups (broad SMARTS) is 1. The van der Waals surface area contributed by atoms with Crippen LogP contribution in [-0.2, 0) is 15.0 Å². The fourth-order valence-corrected chi connectivity index (χ4v) is 6.69. The van der Waals surface area contributed by atoms with E-state index in [1.165, 1.54) is 24.0 Å². The first-order valence-electron chi connectivity index (χ1n) is 14.3. The van der Waals surface area contributed by atoms with Gasteiger partial charge in [0.25, 0.3) is 0 Å². The van der Waals surface area contributed by atoms with E-state index < -0.39 is 11.4 Å². The molecule has 39 heavy (non-hydrogen) atoms. The van der Waals surface area contributed by atoms with Gasteiger partial charge >= 0.3 is 5.97 Å². The number of carbonyl (C=O) groups is 2. The number of hydrogen-bond donors (Lipinski definition) is 4. The molecule has 7 nitrogen and oxygen atoms in total. The number of piperidine rings is 2. The minimum Gasteiger partial charge on any atom is -0.481 e. The van der Waals surface area contributed by atoms with E-state index in [4.69, 9.17) is 10.8 Å². The smallest absolute Gasteiger partial charge is 0.304 e. The van der Waals surface area contributed by atoms with Crippen LogP contribution in [0.2, 0.25) is 0 Å². The molecule has 6 rings (SSSR count). The number of carbonyl (C=O) groups excluding carboxylic acids is 1. The van der Waals surface area contributed by atoms with Gasteiger partial charge in [0.05, 0.1) is 17.5 Å². The summed E-state index contributed by atoms with van der Waals surface area (Å²) < 4.78 is 0. The van der Waals surface area contributed by atoms with E-state index in [2.05, 4.69) is 65.4 Å². The van der Waals surface area contributed by atoms with Crippen molar-refractivity contribution in [3.8, 4) is 11.3 Å². The summed E-state index contributed by atoms with van der Waals surface area (Å²) in [6.07, 6.45) is 4.77. The monoisotopic (exact) mass is 530 g/mol. The normalized spacial score (nSPS) is 20.0. The Hall–Kier alpha value is -3.16. The van der Waals surface area contributed by atoms with E-state index in [1.54, 1.807) is 0 Å². The van der Waals surface area contributed by atoms with Gasteiger partial charge in [0.2, 0.25) is 5.91 Å². The maximum absolute atomic E-state index is 13.9. The van der Waals surface area contributed by atoms with Gasteiger partial charge in [-0.2, -0.15) is 0 Å². The molecular weight excluding hydrogens is 488 g/mol. The molecule has 208 valence electrons. The number of benzene rings is 2. The molecule has 1 atom stereocenters. The SMILES string of the molecule is Cc1cc(C)cc(-c2[nH]c3ccc(C(C)(C)C(=O)N4CC5CCC4CC5)cc3c2[C@H](N)CNCCC(=O)O)c1. The van der Waals surface area contributed by atoms with Gasteiger partial charge in [0, 0.05) is 48.2 Å². The number of nitrogens with two attached hydrogens (primary N) is 1. The molecule has 3 aliphatic rings. The molecule has 3 aromatic rings. The van der Waals surface area contributed by atoms with Crippen molar-refractivity contribution in [2.45, 2.75) is 77.3 Å². The molecule has 1 amide bonds. The molecule has 2 aromatic carbocycles. The zero-order valence-corrected chi connectivity index (χ0v) is 23.6. The molecule has 2 aliphatic heterocycles. The number of fused-ring (bicyclic) bond motifs is 4. The second-order valence-electron chi connectivity index (χ2n) is 12.3. The van der Waals surface area contributed by atoms with Crippen LogP contribution in [0.25, 0.3) is 22.2 Å². The third-order valence-electron chi connectivity index (χ3n) is 8.83. The molecular formula is C32H42N4O3. The number of aryl methyl sites for hydroxylation is 2. The third-order valence-corrected chi connectivity index (χ3v) is 8.83.